The average Bonchev–Trinajstić information content (AvgIpc) is 2.79. The van der Waals surface area contributed by atoms with Crippen LogP contribution in [-0.4, -0.2) is 28.1 Å². The van der Waals surface area contributed by atoms with E-state index in [-0.39, 0.29) is 11.4 Å². The number of amides is 1. The molecule has 2 aromatic carbocycles. The van der Waals surface area contributed by atoms with Gasteiger partial charge in [-0.05, 0) is 68.0 Å². The number of nitrogens with two attached hydrogens (primary N) is 1. The first kappa shape index (κ1) is 25.4. The largest absolute Gasteiger partial charge is 0.387 e. The molecule has 1 amide bonds. The molecule has 6 nitrogen and oxygen atoms in total. The number of anilines is 1. The van der Waals surface area contributed by atoms with Gasteiger partial charge in [0.2, 0.25) is 5.91 Å². The second-order valence-corrected chi connectivity index (χ2v) is 9.67. The van der Waals surface area contributed by atoms with Crippen LogP contribution in [0.4, 0.5) is 5.82 Å². The first-order chi connectivity index (χ1) is 16.1. The number of aliphatic hydroxyl groups is 1. The Morgan fingerprint density at radius 3 is 2.50 bits per heavy atom. The summed E-state index contributed by atoms with van der Waals surface area (Å²) in [6, 6.07) is 17.9. The standard InChI is InChI=1S/C28H36N4O2/c1-19-8-9-23(12-20(19)2)16-31-27(34)14-21-6-5-7-22(13-21)15-28(3,4)32-18-25(33)24-10-11-26(29)30-17-24/h5-13,17,25,32-33H,14-16,18H2,1-4H3,(H2,29,30)(H,31,34)/t25-/m1/s1. The molecule has 6 heteroatoms. The van der Waals surface area contributed by atoms with E-state index in [0.717, 1.165) is 28.7 Å². The van der Waals surface area contributed by atoms with Gasteiger partial charge in [0.1, 0.15) is 5.82 Å². The Morgan fingerprint density at radius 1 is 1.03 bits per heavy atom. The van der Waals surface area contributed by atoms with Crippen molar-refractivity contribution in [1.82, 2.24) is 15.6 Å². The fraction of sp³-hybridized carbons (Fsp3) is 0.357. The predicted molar refractivity (Wildman–Crippen MR) is 137 cm³/mol. The SMILES string of the molecule is Cc1ccc(CNC(=O)Cc2cccc(CC(C)(C)NC[C@@H](O)c3ccc(N)nc3)c2)cc1C. The molecule has 3 aromatic rings. The van der Waals surface area contributed by atoms with E-state index in [0.29, 0.717) is 25.3 Å². The van der Waals surface area contributed by atoms with Gasteiger partial charge in [-0.3, -0.25) is 4.79 Å². The van der Waals surface area contributed by atoms with Gasteiger partial charge in [0.15, 0.2) is 0 Å². The lowest BCUT2D eigenvalue weighted by atomic mass is 9.93. The summed E-state index contributed by atoms with van der Waals surface area (Å²) < 4.78 is 0. The predicted octanol–water partition coefficient (Wildman–Crippen LogP) is 3.78. The second kappa shape index (κ2) is 11.3. The molecule has 0 fully saturated rings. The van der Waals surface area contributed by atoms with Gasteiger partial charge < -0.3 is 21.5 Å². The third kappa shape index (κ3) is 7.68. The van der Waals surface area contributed by atoms with Crippen LogP contribution >= 0.6 is 0 Å². The Hall–Kier alpha value is -3.22. The zero-order chi connectivity index (χ0) is 24.7. The molecule has 0 saturated heterocycles. The number of carbonyl (C=O) groups excluding carboxylic acids is 1. The number of aliphatic hydroxyl groups excluding tert-OH is 1. The number of aryl methyl sites for hydroxylation is 2. The van der Waals surface area contributed by atoms with Crippen molar-refractivity contribution in [2.24, 2.45) is 0 Å². The van der Waals surface area contributed by atoms with E-state index in [1.54, 1.807) is 18.3 Å². The van der Waals surface area contributed by atoms with Crippen LogP contribution in [0.1, 0.15) is 53.3 Å². The number of pyridine rings is 1. The molecule has 0 aliphatic carbocycles. The van der Waals surface area contributed by atoms with Gasteiger partial charge >= 0.3 is 0 Å². The molecule has 0 radical (unpaired) electrons. The molecule has 0 aliphatic heterocycles. The van der Waals surface area contributed by atoms with E-state index in [1.807, 2.05) is 12.1 Å². The molecule has 0 saturated carbocycles. The lowest BCUT2D eigenvalue weighted by molar-refractivity contribution is -0.120. The number of nitrogen functional groups attached to an aromatic ring is 1. The van der Waals surface area contributed by atoms with Crippen LogP contribution in [0.5, 0.6) is 0 Å². The molecule has 34 heavy (non-hydrogen) atoms. The highest BCUT2D eigenvalue weighted by molar-refractivity contribution is 5.78. The lowest BCUT2D eigenvalue weighted by Gasteiger charge is -2.28. The number of nitrogens with zero attached hydrogens (tertiary/aromatic N) is 1. The van der Waals surface area contributed by atoms with Crippen molar-refractivity contribution in [3.05, 3.63) is 94.2 Å². The van der Waals surface area contributed by atoms with E-state index < -0.39 is 6.10 Å². The summed E-state index contributed by atoms with van der Waals surface area (Å²) in [7, 11) is 0. The van der Waals surface area contributed by atoms with Gasteiger partial charge in [0.05, 0.1) is 12.5 Å². The molecule has 1 heterocycles. The van der Waals surface area contributed by atoms with Crippen molar-refractivity contribution in [3.63, 3.8) is 0 Å². The Bertz CT molecular complexity index is 1110. The van der Waals surface area contributed by atoms with Crippen molar-refractivity contribution in [1.29, 1.82) is 0 Å². The Labute approximate surface area is 202 Å². The van der Waals surface area contributed by atoms with Crippen molar-refractivity contribution < 1.29 is 9.90 Å². The number of nitrogens with one attached hydrogen (secondary N) is 2. The second-order valence-electron chi connectivity index (χ2n) is 9.67. The number of benzene rings is 2. The minimum absolute atomic E-state index is 0.00740. The normalized spacial score (nSPS) is 12.4. The van der Waals surface area contributed by atoms with Crippen molar-refractivity contribution in [3.8, 4) is 0 Å². The number of carbonyl (C=O) groups is 1. The summed E-state index contributed by atoms with van der Waals surface area (Å²) in [5, 5.41) is 16.9. The van der Waals surface area contributed by atoms with Crippen LogP contribution in [0.15, 0.2) is 60.8 Å². The van der Waals surface area contributed by atoms with E-state index in [4.69, 9.17) is 5.73 Å². The molecule has 0 bridgehead atoms. The van der Waals surface area contributed by atoms with Gasteiger partial charge in [0, 0.05) is 30.4 Å². The molecular formula is C28H36N4O2. The quantitative estimate of drug-likeness (QED) is 0.369. The molecule has 180 valence electrons. The third-order valence-corrected chi connectivity index (χ3v) is 6.03. The monoisotopic (exact) mass is 460 g/mol. The van der Waals surface area contributed by atoms with Crippen molar-refractivity contribution in [2.75, 3.05) is 12.3 Å². The van der Waals surface area contributed by atoms with Gasteiger partial charge in [-0.25, -0.2) is 4.98 Å². The summed E-state index contributed by atoms with van der Waals surface area (Å²) >= 11 is 0. The Kier molecular flexibility index (Phi) is 8.42. The highest BCUT2D eigenvalue weighted by atomic mass is 16.3. The van der Waals surface area contributed by atoms with Crippen molar-refractivity contribution in [2.45, 2.75) is 58.7 Å². The average molecular weight is 461 g/mol. The fourth-order valence-electron chi connectivity index (χ4n) is 3.89. The lowest BCUT2D eigenvalue weighted by Crippen LogP contribution is -2.43. The molecule has 1 atom stereocenters. The molecule has 3 rings (SSSR count). The maximum atomic E-state index is 12.5. The molecule has 0 unspecified atom stereocenters. The maximum Gasteiger partial charge on any atom is 0.224 e. The smallest absolute Gasteiger partial charge is 0.224 e. The highest BCUT2D eigenvalue weighted by Gasteiger charge is 2.20. The van der Waals surface area contributed by atoms with Gasteiger partial charge in [-0.2, -0.15) is 0 Å². The minimum Gasteiger partial charge on any atom is -0.387 e. The van der Waals surface area contributed by atoms with Crippen LogP contribution in [0, 0.1) is 13.8 Å². The van der Waals surface area contributed by atoms with E-state index >= 15 is 0 Å². The van der Waals surface area contributed by atoms with Crippen molar-refractivity contribution >= 4 is 11.7 Å². The zero-order valence-electron chi connectivity index (χ0n) is 20.6. The zero-order valence-corrected chi connectivity index (χ0v) is 20.6. The summed E-state index contributed by atoms with van der Waals surface area (Å²) in [6.45, 7) is 9.30. The topological polar surface area (TPSA) is 100 Å². The molecule has 0 spiro atoms. The summed E-state index contributed by atoms with van der Waals surface area (Å²) in [6.07, 6.45) is 2.04. The number of hydrogen-bond acceptors (Lipinski definition) is 5. The van der Waals surface area contributed by atoms with Gasteiger partial charge in [-0.1, -0.05) is 48.5 Å². The number of aromatic nitrogens is 1. The molecule has 5 N–H and O–H groups in total. The summed E-state index contributed by atoms with van der Waals surface area (Å²) in [5.74, 6) is 0.441. The van der Waals surface area contributed by atoms with E-state index in [9.17, 15) is 9.90 Å². The highest BCUT2D eigenvalue weighted by Crippen LogP contribution is 2.18. The van der Waals surface area contributed by atoms with E-state index in [2.05, 4.69) is 73.6 Å². The molecule has 1 aromatic heterocycles. The van der Waals surface area contributed by atoms with Gasteiger partial charge in [-0.15, -0.1) is 0 Å². The first-order valence-corrected chi connectivity index (χ1v) is 11.7. The number of hydrogen-bond donors (Lipinski definition) is 4. The first-order valence-electron chi connectivity index (χ1n) is 11.7. The van der Waals surface area contributed by atoms with Crippen LogP contribution < -0.4 is 16.4 Å². The number of rotatable bonds is 10. The fourth-order valence-corrected chi connectivity index (χ4v) is 3.89. The summed E-state index contributed by atoms with van der Waals surface area (Å²) in [5.41, 5.74) is 11.8. The molecular weight excluding hydrogens is 424 g/mol. The Balaban J connectivity index is 1.51. The van der Waals surface area contributed by atoms with Crippen LogP contribution in [0.25, 0.3) is 0 Å². The maximum absolute atomic E-state index is 12.5. The number of β-amino-alcohol motifs (C(OH)–C–C–N with tert-alkyl or cyclic N) is 1. The third-order valence-electron chi connectivity index (χ3n) is 6.03. The Morgan fingerprint density at radius 2 is 1.79 bits per heavy atom. The van der Waals surface area contributed by atoms with Crippen LogP contribution in [0.2, 0.25) is 0 Å². The van der Waals surface area contributed by atoms with Crippen LogP contribution in [0.3, 0.4) is 0 Å². The van der Waals surface area contributed by atoms with Crippen LogP contribution in [-0.2, 0) is 24.2 Å². The molecule has 0 aliphatic rings. The van der Waals surface area contributed by atoms with E-state index in [1.165, 1.54) is 11.1 Å². The summed E-state index contributed by atoms with van der Waals surface area (Å²) in [4.78, 5) is 16.5. The minimum atomic E-state index is -0.667. The van der Waals surface area contributed by atoms with Gasteiger partial charge in [0.25, 0.3) is 0 Å².